The number of aromatic nitrogens is 2. The van der Waals surface area contributed by atoms with Crippen LogP contribution in [0, 0.1) is 11.6 Å². The molecule has 2 aromatic carbocycles. The summed E-state index contributed by atoms with van der Waals surface area (Å²) < 4.78 is 58.0. The van der Waals surface area contributed by atoms with Gasteiger partial charge in [-0.15, -0.1) is 10.2 Å². The predicted octanol–water partition coefficient (Wildman–Crippen LogP) is 2.06. The Balaban J connectivity index is 1.78. The van der Waals surface area contributed by atoms with Crippen molar-refractivity contribution >= 4 is 15.9 Å². The Morgan fingerprint density at radius 1 is 1.15 bits per heavy atom. The van der Waals surface area contributed by atoms with Gasteiger partial charge in [0, 0.05) is 11.6 Å². The molecular weight excluding hydrogens is 368 g/mol. The van der Waals surface area contributed by atoms with E-state index in [-0.39, 0.29) is 16.3 Å². The van der Waals surface area contributed by atoms with Crippen LogP contribution in [0.5, 0.6) is 0 Å². The summed E-state index contributed by atoms with van der Waals surface area (Å²) in [5.74, 6) is -2.58. The van der Waals surface area contributed by atoms with Crippen LogP contribution in [-0.4, -0.2) is 24.5 Å². The Morgan fingerprint density at radius 2 is 1.96 bits per heavy atom. The molecule has 0 spiro atoms. The van der Waals surface area contributed by atoms with Gasteiger partial charge in [0.05, 0.1) is 11.3 Å². The number of amides is 1. The zero-order valence-corrected chi connectivity index (χ0v) is 13.8. The van der Waals surface area contributed by atoms with Crippen molar-refractivity contribution in [2.24, 2.45) is 0 Å². The van der Waals surface area contributed by atoms with Crippen molar-refractivity contribution in [1.29, 1.82) is 0 Å². The Bertz CT molecular complexity index is 1050. The van der Waals surface area contributed by atoms with Gasteiger partial charge in [-0.25, -0.2) is 21.9 Å². The normalized spacial score (nSPS) is 11.3. The molecule has 0 aliphatic carbocycles. The molecule has 1 amide bonds. The van der Waals surface area contributed by atoms with Crippen molar-refractivity contribution in [3.8, 4) is 11.5 Å². The number of rotatable bonds is 5. The molecule has 134 valence electrons. The maximum absolute atomic E-state index is 13.6. The van der Waals surface area contributed by atoms with E-state index >= 15 is 0 Å². The zero-order valence-electron chi connectivity index (χ0n) is 13.0. The highest BCUT2D eigenvalue weighted by Crippen LogP contribution is 2.20. The van der Waals surface area contributed by atoms with Crippen molar-refractivity contribution in [3.63, 3.8) is 0 Å². The van der Waals surface area contributed by atoms with Gasteiger partial charge >= 0.3 is 0 Å². The summed E-state index contributed by atoms with van der Waals surface area (Å²) in [6.07, 6.45) is 0.532. The molecule has 1 heterocycles. The second-order valence-corrected chi connectivity index (χ2v) is 6.90. The van der Waals surface area contributed by atoms with Gasteiger partial charge in [0.2, 0.25) is 18.2 Å². The van der Waals surface area contributed by atoms with E-state index in [1.54, 1.807) is 6.07 Å². The summed E-state index contributed by atoms with van der Waals surface area (Å²) in [7, 11) is -4.20. The molecule has 0 radical (unpaired) electrons. The van der Waals surface area contributed by atoms with Crippen molar-refractivity contribution < 1.29 is 26.4 Å². The molecule has 7 nitrogen and oxygen atoms in total. The molecule has 0 saturated carbocycles. The Kier molecular flexibility index (Phi) is 4.76. The molecule has 3 rings (SSSR count). The third-order valence-electron chi connectivity index (χ3n) is 3.37. The second-order valence-electron chi connectivity index (χ2n) is 5.21. The van der Waals surface area contributed by atoms with Gasteiger partial charge in [-0.2, -0.15) is 0 Å². The highest BCUT2D eigenvalue weighted by Gasteiger charge is 2.20. The first-order valence-electron chi connectivity index (χ1n) is 7.21. The third kappa shape index (κ3) is 3.91. The topological polar surface area (TPSA) is 102 Å². The fourth-order valence-electron chi connectivity index (χ4n) is 2.18. The molecule has 26 heavy (non-hydrogen) atoms. The number of benzene rings is 2. The van der Waals surface area contributed by atoms with Crippen molar-refractivity contribution in [2.75, 3.05) is 0 Å². The number of nitrogens with one attached hydrogen (secondary N) is 1. The van der Waals surface area contributed by atoms with Crippen LogP contribution in [0.2, 0.25) is 0 Å². The lowest BCUT2D eigenvalue weighted by Gasteiger charge is -2.08. The maximum atomic E-state index is 13.6. The number of halogens is 2. The van der Waals surface area contributed by atoms with Crippen molar-refractivity contribution in [1.82, 2.24) is 14.9 Å². The number of hydrogen-bond acceptors (Lipinski definition) is 6. The minimum atomic E-state index is -4.20. The largest absolute Gasteiger partial charge is 0.423 e. The molecular formula is C16H11F2N3O4S. The summed E-state index contributed by atoms with van der Waals surface area (Å²) in [5.41, 5.74) is 0.223. The van der Waals surface area contributed by atoms with E-state index in [0.29, 0.717) is 11.6 Å². The van der Waals surface area contributed by atoms with Crippen LogP contribution < -0.4 is 4.72 Å². The molecule has 1 N–H and O–H groups in total. The van der Waals surface area contributed by atoms with Crippen molar-refractivity contribution in [3.05, 3.63) is 66.1 Å². The molecule has 10 heteroatoms. The minimum absolute atomic E-state index is 0.113. The number of nitrogens with zero attached hydrogens (tertiary/aromatic N) is 2. The second kappa shape index (κ2) is 7.00. The molecule has 0 atom stereocenters. The van der Waals surface area contributed by atoms with Gasteiger partial charge in [0.1, 0.15) is 11.6 Å². The highest BCUT2D eigenvalue weighted by atomic mass is 32.2. The molecule has 0 saturated heterocycles. The summed E-state index contributed by atoms with van der Waals surface area (Å²) in [4.78, 5) is 11.8. The Hall–Kier alpha value is -3.14. The van der Waals surface area contributed by atoms with E-state index in [2.05, 4.69) is 10.2 Å². The van der Waals surface area contributed by atoms with Gasteiger partial charge in [-0.1, -0.05) is 12.1 Å². The molecule has 0 aliphatic rings. The maximum Gasteiger partial charge on any atom is 0.264 e. The van der Waals surface area contributed by atoms with Gasteiger partial charge in [0.15, 0.2) is 0 Å². The van der Waals surface area contributed by atoms with Crippen LogP contribution in [0.3, 0.4) is 0 Å². The van der Waals surface area contributed by atoms with E-state index < -0.39 is 34.0 Å². The van der Waals surface area contributed by atoms with Crippen LogP contribution in [0.1, 0.15) is 5.56 Å². The lowest BCUT2D eigenvalue weighted by molar-refractivity contribution is -0.118. The monoisotopic (exact) mass is 379 g/mol. The Morgan fingerprint density at radius 3 is 2.65 bits per heavy atom. The number of hydrogen-bond donors (Lipinski definition) is 1. The predicted molar refractivity (Wildman–Crippen MR) is 85.1 cm³/mol. The zero-order chi connectivity index (χ0) is 18.7. The fourth-order valence-corrected chi connectivity index (χ4v) is 3.21. The van der Waals surface area contributed by atoms with E-state index in [0.717, 1.165) is 18.5 Å². The quantitative estimate of drug-likeness (QED) is 0.728. The summed E-state index contributed by atoms with van der Waals surface area (Å²) in [6.45, 7) is 0. The summed E-state index contributed by atoms with van der Waals surface area (Å²) in [5, 5.41) is 7.17. The van der Waals surface area contributed by atoms with Crippen LogP contribution >= 0.6 is 0 Å². The van der Waals surface area contributed by atoms with Gasteiger partial charge in [-0.05, 0) is 29.8 Å². The van der Waals surface area contributed by atoms with Crippen molar-refractivity contribution in [2.45, 2.75) is 11.3 Å². The molecule has 0 unspecified atom stereocenters. The van der Waals surface area contributed by atoms with E-state index in [1.807, 2.05) is 4.72 Å². The first-order valence-corrected chi connectivity index (χ1v) is 8.69. The molecule has 0 aliphatic heterocycles. The van der Waals surface area contributed by atoms with Gasteiger partial charge in [-0.3, -0.25) is 4.79 Å². The summed E-state index contributed by atoms with van der Waals surface area (Å²) >= 11 is 0. The highest BCUT2D eigenvalue weighted by molar-refractivity contribution is 7.90. The minimum Gasteiger partial charge on any atom is -0.423 e. The number of carbonyl (C=O) groups is 1. The van der Waals surface area contributed by atoms with Gasteiger partial charge < -0.3 is 4.42 Å². The third-order valence-corrected chi connectivity index (χ3v) is 4.74. The molecule has 3 aromatic rings. The van der Waals surface area contributed by atoms with E-state index in [4.69, 9.17) is 4.42 Å². The van der Waals surface area contributed by atoms with Crippen LogP contribution in [0.15, 0.2) is 58.2 Å². The smallest absolute Gasteiger partial charge is 0.264 e. The SMILES string of the molecule is O=C(Cc1ccc(F)cc1F)NS(=O)(=O)c1cccc(-c2nnco2)c1. The van der Waals surface area contributed by atoms with Crippen LogP contribution in [0.4, 0.5) is 8.78 Å². The van der Waals surface area contributed by atoms with E-state index in [9.17, 15) is 22.0 Å². The van der Waals surface area contributed by atoms with Gasteiger partial charge in [0.25, 0.3) is 10.0 Å². The molecule has 1 aromatic heterocycles. The average Bonchev–Trinajstić information content (AvgIpc) is 3.12. The first kappa shape index (κ1) is 17.7. The van der Waals surface area contributed by atoms with E-state index in [1.165, 1.54) is 18.2 Å². The number of sulfonamides is 1. The van der Waals surface area contributed by atoms with Crippen LogP contribution in [-0.2, 0) is 21.2 Å². The van der Waals surface area contributed by atoms with Crippen LogP contribution in [0.25, 0.3) is 11.5 Å². The fraction of sp³-hybridized carbons (Fsp3) is 0.0625. The number of carbonyl (C=O) groups excluding carboxylic acids is 1. The lowest BCUT2D eigenvalue weighted by Crippen LogP contribution is -2.32. The molecule has 0 fully saturated rings. The molecule has 0 bridgehead atoms. The lowest BCUT2D eigenvalue weighted by atomic mass is 10.1. The average molecular weight is 379 g/mol. The summed E-state index contributed by atoms with van der Waals surface area (Å²) in [6, 6.07) is 8.20. The Labute approximate surface area is 146 Å². The standard InChI is InChI=1S/C16H11F2N3O4S/c17-12-5-4-10(14(18)8-12)7-15(22)21-26(23,24)13-3-1-2-11(6-13)16-20-19-9-25-16/h1-6,8-9H,7H2,(H,21,22). The first-order chi connectivity index (χ1) is 12.3.